The third-order valence-corrected chi connectivity index (χ3v) is 2.74. The summed E-state index contributed by atoms with van der Waals surface area (Å²) >= 11 is -3.11. The summed E-state index contributed by atoms with van der Waals surface area (Å²) in [4.78, 5) is 4.61. The number of nitrogens with zero attached hydrogens (tertiary/aromatic N) is 2. The minimum absolute atomic E-state index is 1.08. The third-order valence-electron chi connectivity index (χ3n) is 2.74. The van der Waals surface area contributed by atoms with E-state index in [2.05, 4.69) is 36.2 Å². The normalized spacial score (nSPS) is 14.6. The van der Waals surface area contributed by atoms with Gasteiger partial charge in [0.2, 0.25) is 0 Å². The van der Waals surface area contributed by atoms with E-state index in [1.54, 1.807) is 0 Å². The summed E-state index contributed by atoms with van der Waals surface area (Å²) < 4.78 is 0. The Kier molecular flexibility index (Phi) is 12.6. The van der Waals surface area contributed by atoms with Crippen molar-refractivity contribution < 1.29 is 12.3 Å². The molecule has 7 heteroatoms. The van der Waals surface area contributed by atoms with Crippen LogP contribution in [0, 0.1) is 0 Å². The molecule has 0 saturated carbocycles. The van der Waals surface area contributed by atoms with Gasteiger partial charge in [0, 0.05) is 26.0 Å². The van der Waals surface area contributed by atoms with Crippen LogP contribution in [0.1, 0.15) is 45.4 Å². The summed E-state index contributed by atoms with van der Waals surface area (Å²) in [5.41, 5.74) is 0. The zero-order chi connectivity index (χ0) is 14.7. The Labute approximate surface area is 136 Å². The van der Waals surface area contributed by atoms with E-state index < -0.39 is 12.3 Å². The topological polar surface area (TPSA) is 6.48 Å². The molecule has 0 saturated heterocycles. The van der Waals surface area contributed by atoms with Crippen LogP contribution in [0.2, 0.25) is 0 Å². The Bertz CT molecular complexity index is 240. The van der Waals surface area contributed by atoms with Crippen LogP contribution in [0.3, 0.4) is 0 Å². The molecule has 0 aromatic rings. The van der Waals surface area contributed by atoms with Crippen LogP contribution in [-0.2, 0) is 12.3 Å². The third kappa shape index (κ3) is 17.2. The Morgan fingerprint density at radius 3 is 1.95 bits per heavy atom. The van der Waals surface area contributed by atoms with E-state index in [0.29, 0.717) is 0 Å². The minimum atomic E-state index is -3.11. The molecular formula is C12H24Cl4N2Ti. The standard InChI is InChI=1S/C12H24N2.4ClH.Ti/c1-3-4-5-6-7-8-9-14-11-10-13(2)12-14;;;;;/h10-11H,3-9,12H2,1-2H3;4*1H;/q;;;;;+4/p-4. The van der Waals surface area contributed by atoms with Crippen molar-refractivity contribution in [2.24, 2.45) is 0 Å². The molecule has 2 nitrogen and oxygen atoms in total. The molecule has 0 aliphatic carbocycles. The second kappa shape index (κ2) is 11.8. The Morgan fingerprint density at radius 2 is 1.47 bits per heavy atom. The molecule has 19 heavy (non-hydrogen) atoms. The van der Waals surface area contributed by atoms with Gasteiger partial charge in [-0.1, -0.05) is 39.0 Å². The summed E-state index contributed by atoms with van der Waals surface area (Å²) in [6.45, 7) is 4.58. The first-order valence-corrected chi connectivity index (χ1v) is 15.3. The number of hydrogen-bond acceptors (Lipinski definition) is 2. The van der Waals surface area contributed by atoms with Crippen molar-refractivity contribution in [2.45, 2.75) is 45.4 Å². The second-order valence-corrected chi connectivity index (χ2v) is 20.2. The fourth-order valence-corrected chi connectivity index (χ4v) is 1.83. The Morgan fingerprint density at radius 1 is 0.947 bits per heavy atom. The summed E-state index contributed by atoms with van der Waals surface area (Å²) in [5, 5.41) is 0. The summed E-state index contributed by atoms with van der Waals surface area (Å²) in [7, 11) is 22.2. The van der Waals surface area contributed by atoms with Crippen LogP contribution in [-0.4, -0.2) is 30.1 Å². The average molecular weight is 386 g/mol. The van der Waals surface area contributed by atoms with Gasteiger partial charge in [-0.15, -0.1) is 0 Å². The molecule has 0 aromatic heterocycles. The SMILES string of the molecule is CCCCCCCCN1C=CN(C)C1.[Cl][Ti]([Cl])([Cl])[Cl]. The van der Waals surface area contributed by atoms with Gasteiger partial charge in [0.1, 0.15) is 0 Å². The van der Waals surface area contributed by atoms with E-state index in [1.807, 2.05) is 0 Å². The molecule has 1 rings (SSSR count). The van der Waals surface area contributed by atoms with Crippen LogP contribution in [0.25, 0.3) is 0 Å². The zero-order valence-corrected chi connectivity index (χ0v) is 16.3. The van der Waals surface area contributed by atoms with Crippen molar-refractivity contribution >= 4 is 37.2 Å². The number of rotatable bonds is 7. The summed E-state index contributed by atoms with van der Waals surface area (Å²) in [6, 6.07) is 0. The van der Waals surface area contributed by atoms with Gasteiger partial charge in [0.05, 0.1) is 6.67 Å². The van der Waals surface area contributed by atoms with Gasteiger partial charge in [0.25, 0.3) is 0 Å². The molecule has 0 N–H and O–H groups in total. The van der Waals surface area contributed by atoms with Gasteiger partial charge >= 0.3 is 49.6 Å². The van der Waals surface area contributed by atoms with Crippen LogP contribution in [0.4, 0.5) is 0 Å². The number of hydrogen-bond donors (Lipinski definition) is 0. The fourth-order valence-electron chi connectivity index (χ4n) is 1.83. The molecule has 0 amide bonds. The van der Waals surface area contributed by atoms with Gasteiger partial charge in [0.15, 0.2) is 0 Å². The van der Waals surface area contributed by atoms with Crippen molar-refractivity contribution in [1.82, 2.24) is 9.80 Å². The molecular weight excluding hydrogens is 362 g/mol. The van der Waals surface area contributed by atoms with Gasteiger partial charge < -0.3 is 9.80 Å². The molecule has 0 atom stereocenters. The van der Waals surface area contributed by atoms with Crippen molar-refractivity contribution in [3.63, 3.8) is 0 Å². The molecule has 0 spiro atoms. The van der Waals surface area contributed by atoms with E-state index in [4.69, 9.17) is 37.2 Å². The molecule has 114 valence electrons. The first-order chi connectivity index (χ1) is 8.83. The quantitative estimate of drug-likeness (QED) is 0.405. The maximum atomic E-state index is 5.01. The van der Waals surface area contributed by atoms with Crippen molar-refractivity contribution in [2.75, 3.05) is 20.3 Å². The molecule has 1 heterocycles. The van der Waals surface area contributed by atoms with Gasteiger partial charge in [-0.2, -0.15) is 0 Å². The van der Waals surface area contributed by atoms with Crippen molar-refractivity contribution in [1.29, 1.82) is 0 Å². The van der Waals surface area contributed by atoms with E-state index in [0.717, 1.165) is 6.67 Å². The van der Waals surface area contributed by atoms with Gasteiger partial charge in [-0.05, 0) is 6.42 Å². The van der Waals surface area contributed by atoms with Crippen LogP contribution >= 0.6 is 37.2 Å². The zero-order valence-electron chi connectivity index (χ0n) is 11.7. The molecule has 0 unspecified atom stereocenters. The molecule has 0 radical (unpaired) electrons. The average Bonchev–Trinajstić information content (AvgIpc) is 2.67. The molecule has 0 fully saturated rings. The fraction of sp³-hybridized carbons (Fsp3) is 0.833. The van der Waals surface area contributed by atoms with E-state index in [1.165, 1.54) is 45.1 Å². The Hall–Kier alpha value is 1.21. The summed E-state index contributed by atoms with van der Waals surface area (Å²) in [5.74, 6) is 0. The van der Waals surface area contributed by atoms with Crippen LogP contribution < -0.4 is 0 Å². The maximum absolute atomic E-state index is 5.01. The molecule has 1 aliphatic heterocycles. The Balaban J connectivity index is 0.000000555. The van der Waals surface area contributed by atoms with Crippen molar-refractivity contribution in [3.05, 3.63) is 12.4 Å². The van der Waals surface area contributed by atoms with E-state index in [9.17, 15) is 0 Å². The van der Waals surface area contributed by atoms with Crippen LogP contribution in [0.5, 0.6) is 0 Å². The van der Waals surface area contributed by atoms with E-state index in [-0.39, 0.29) is 0 Å². The first kappa shape index (κ1) is 20.2. The predicted molar refractivity (Wildman–Crippen MR) is 85.3 cm³/mol. The number of halogens is 4. The summed E-state index contributed by atoms with van der Waals surface area (Å²) in [6.07, 6.45) is 12.7. The van der Waals surface area contributed by atoms with Crippen LogP contribution in [0.15, 0.2) is 12.4 Å². The van der Waals surface area contributed by atoms with Crippen molar-refractivity contribution in [3.8, 4) is 0 Å². The number of unbranched alkanes of at least 4 members (excludes halogenated alkanes) is 5. The van der Waals surface area contributed by atoms with Gasteiger partial charge in [-0.3, -0.25) is 0 Å². The molecule has 0 bridgehead atoms. The van der Waals surface area contributed by atoms with E-state index >= 15 is 0 Å². The second-order valence-electron chi connectivity index (χ2n) is 4.71. The first-order valence-electron chi connectivity index (χ1n) is 6.71. The van der Waals surface area contributed by atoms with Gasteiger partial charge in [-0.25, -0.2) is 0 Å². The predicted octanol–water partition coefficient (Wildman–Crippen LogP) is 5.78. The molecule has 1 aliphatic rings. The monoisotopic (exact) mass is 384 g/mol. The molecule has 0 aromatic carbocycles.